The Kier molecular flexibility index (Phi) is 3.67. The van der Waals surface area contributed by atoms with Gasteiger partial charge in [-0.25, -0.2) is 0 Å². The van der Waals surface area contributed by atoms with Crippen molar-refractivity contribution in [3.63, 3.8) is 0 Å². The number of ketones is 1. The van der Waals surface area contributed by atoms with Gasteiger partial charge in [-0.05, 0) is 36.8 Å². The third-order valence-electron chi connectivity index (χ3n) is 2.63. The van der Waals surface area contributed by atoms with Crippen molar-refractivity contribution in [2.24, 2.45) is 5.92 Å². The number of hydrogen-bond donors (Lipinski definition) is 0. The fourth-order valence-electron chi connectivity index (χ4n) is 1.83. The van der Waals surface area contributed by atoms with Gasteiger partial charge in [0.2, 0.25) is 0 Å². The van der Waals surface area contributed by atoms with Gasteiger partial charge in [-0.15, -0.1) is 0 Å². The molecule has 0 saturated heterocycles. The summed E-state index contributed by atoms with van der Waals surface area (Å²) < 4.78 is 5.02. The zero-order chi connectivity index (χ0) is 9.84. The van der Waals surface area contributed by atoms with Crippen molar-refractivity contribution in [2.75, 3.05) is 13.7 Å². The molecule has 0 aromatic heterocycles. The van der Waals surface area contributed by atoms with Crippen molar-refractivity contribution in [2.45, 2.75) is 33.1 Å². The summed E-state index contributed by atoms with van der Waals surface area (Å²) in [6.07, 6.45) is 2.80. The zero-order valence-corrected chi connectivity index (χ0v) is 8.72. The maximum atomic E-state index is 11.6. The zero-order valence-electron chi connectivity index (χ0n) is 8.72. The van der Waals surface area contributed by atoms with E-state index in [1.807, 2.05) is 6.92 Å². The molecule has 1 aliphatic carbocycles. The van der Waals surface area contributed by atoms with Gasteiger partial charge in [-0.1, -0.05) is 6.92 Å². The predicted octanol–water partition coefficient (Wildman–Crippen LogP) is 2.34. The first-order valence-electron chi connectivity index (χ1n) is 4.86. The fraction of sp³-hybridized carbons (Fsp3) is 0.727. The van der Waals surface area contributed by atoms with Crippen molar-refractivity contribution in [1.82, 2.24) is 0 Å². The van der Waals surface area contributed by atoms with Crippen LogP contribution in [0.1, 0.15) is 33.1 Å². The molecule has 1 fully saturated rings. The van der Waals surface area contributed by atoms with Crippen molar-refractivity contribution >= 4 is 5.78 Å². The molecular weight excluding hydrogens is 164 g/mol. The highest BCUT2D eigenvalue weighted by Crippen LogP contribution is 2.26. The van der Waals surface area contributed by atoms with Crippen molar-refractivity contribution in [1.29, 1.82) is 0 Å². The van der Waals surface area contributed by atoms with E-state index in [2.05, 4.69) is 6.92 Å². The van der Waals surface area contributed by atoms with E-state index in [4.69, 9.17) is 4.74 Å². The standard InChI is InChI=1S/C11H18O2/c1-8-4-5-10(11(12)6-8)9(2)7-13-3/h8H,4-7H2,1-3H3/b10-9+. The molecule has 0 N–H and O–H groups in total. The molecular formula is C11H18O2. The van der Waals surface area contributed by atoms with Crippen molar-refractivity contribution < 1.29 is 9.53 Å². The third kappa shape index (κ3) is 2.66. The van der Waals surface area contributed by atoms with E-state index in [0.717, 1.165) is 30.4 Å². The number of methoxy groups -OCH3 is 1. The topological polar surface area (TPSA) is 26.3 Å². The van der Waals surface area contributed by atoms with E-state index >= 15 is 0 Å². The van der Waals surface area contributed by atoms with Crippen LogP contribution in [-0.4, -0.2) is 19.5 Å². The van der Waals surface area contributed by atoms with Gasteiger partial charge in [0.1, 0.15) is 0 Å². The molecule has 13 heavy (non-hydrogen) atoms. The summed E-state index contributed by atoms with van der Waals surface area (Å²) in [6.45, 7) is 4.72. The molecule has 0 amide bonds. The van der Waals surface area contributed by atoms with Gasteiger partial charge < -0.3 is 4.74 Å². The van der Waals surface area contributed by atoms with Gasteiger partial charge >= 0.3 is 0 Å². The number of ether oxygens (including phenoxy) is 1. The Morgan fingerprint density at radius 1 is 1.62 bits per heavy atom. The Hall–Kier alpha value is -0.630. The molecule has 0 aromatic rings. The van der Waals surface area contributed by atoms with Crippen LogP contribution in [0.4, 0.5) is 0 Å². The first kappa shape index (κ1) is 10.5. The SMILES string of the molecule is COC/C(C)=C1\CCC(C)CC1=O. The van der Waals surface area contributed by atoms with Gasteiger partial charge in [0.05, 0.1) is 6.61 Å². The number of allylic oxidation sites excluding steroid dienone is 1. The van der Waals surface area contributed by atoms with Crippen molar-refractivity contribution in [3.8, 4) is 0 Å². The van der Waals surface area contributed by atoms with Gasteiger partial charge in [-0.2, -0.15) is 0 Å². The number of carbonyl (C=O) groups is 1. The highest BCUT2D eigenvalue weighted by Gasteiger charge is 2.21. The minimum atomic E-state index is 0.327. The highest BCUT2D eigenvalue weighted by molar-refractivity contribution is 5.96. The summed E-state index contributed by atoms with van der Waals surface area (Å²) in [7, 11) is 1.67. The lowest BCUT2D eigenvalue weighted by molar-refractivity contribution is -0.117. The van der Waals surface area contributed by atoms with Crippen LogP contribution in [0.5, 0.6) is 0 Å². The van der Waals surface area contributed by atoms with Gasteiger partial charge in [0.25, 0.3) is 0 Å². The summed E-state index contributed by atoms with van der Waals surface area (Å²) in [5.74, 6) is 0.889. The first-order chi connectivity index (χ1) is 6.15. The smallest absolute Gasteiger partial charge is 0.159 e. The summed E-state index contributed by atoms with van der Waals surface area (Å²) in [6, 6.07) is 0. The lowest BCUT2D eigenvalue weighted by atomic mass is 9.84. The van der Waals surface area contributed by atoms with E-state index in [0.29, 0.717) is 18.3 Å². The molecule has 1 atom stereocenters. The molecule has 2 nitrogen and oxygen atoms in total. The lowest BCUT2D eigenvalue weighted by Crippen LogP contribution is -2.17. The molecule has 0 heterocycles. The van der Waals surface area contributed by atoms with Crippen LogP contribution in [0, 0.1) is 5.92 Å². The van der Waals surface area contributed by atoms with E-state index in [1.165, 1.54) is 0 Å². The maximum absolute atomic E-state index is 11.6. The van der Waals surface area contributed by atoms with Crippen LogP contribution in [0.3, 0.4) is 0 Å². The second-order valence-electron chi connectivity index (χ2n) is 3.96. The molecule has 1 saturated carbocycles. The summed E-state index contributed by atoms with van der Waals surface area (Å²) in [5, 5.41) is 0. The number of hydrogen-bond acceptors (Lipinski definition) is 2. The largest absolute Gasteiger partial charge is 0.380 e. The van der Waals surface area contributed by atoms with E-state index < -0.39 is 0 Å². The Bertz CT molecular complexity index is 228. The minimum absolute atomic E-state index is 0.327. The molecule has 0 radical (unpaired) electrons. The molecule has 1 aliphatic rings. The molecule has 0 aliphatic heterocycles. The van der Waals surface area contributed by atoms with Crippen LogP contribution >= 0.6 is 0 Å². The van der Waals surface area contributed by atoms with Crippen LogP contribution < -0.4 is 0 Å². The monoisotopic (exact) mass is 182 g/mol. The lowest BCUT2D eigenvalue weighted by Gasteiger charge is -2.20. The van der Waals surface area contributed by atoms with Crippen LogP contribution in [-0.2, 0) is 9.53 Å². The Labute approximate surface area is 80.0 Å². The minimum Gasteiger partial charge on any atom is -0.380 e. The molecule has 0 spiro atoms. The third-order valence-corrected chi connectivity index (χ3v) is 2.63. The average molecular weight is 182 g/mol. The number of Topliss-reactive ketones (excluding diaryl/α,β-unsaturated/α-hetero) is 1. The second kappa shape index (κ2) is 4.56. The predicted molar refractivity (Wildman–Crippen MR) is 52.6 cm³/mol. The number of rotatable bonds is 2. The van der Waals surface area contributed by atoms with Crippen LogP contribution in [0.15, 0.2) is 11.1 Å². The van der Waals surface area contributed by atoms with Crippen molar-refractivity contribution in [3.05, 3.63) is 11.1 Å². The summed E-state index contributed by atoms with van der Waals surface area (Å²) >= 11 is 0. The first-order valence-corrected chi connectivity index (χ1v) is 4.86. The highest BCUT2D eigenvalue weighted by atomic mass is 16.5. The molecule has 1 rings (SSSR count). The summed E-state index contributed by atoms with van der Waals surface area (Å²) in [5.41, 5.74) is 2.12. The fourth-order valence-corrected chi connectivity index (χ4v) is 1.83. The molecule has 0 aromatic carbocycles. The quantitative estimate of drug-likeness (QED) is 0.613. The molecule has 1 unspecified atom stereocenters. The van der Waals surface area contributed by atoms with E-state index in [9.17, 15) is 4.79 Å². The molecule has 74 valence electrons. The van der Waals surface area contributed by atoms with Gasteiger partial charge in [-0.3, -0.25) is 4.79 Å². The average Bonchev–Trinajstić information content (AvgIpc) is 2.04. The normalized spacial score (nSPS) is 27.6. The van der Waals surface area contributed by atoms with Gasteiger partial charge in [0.15, 0.2) is 5.78 Å². The Morgan fingerprint density at radius 2 is 2.31 bits per heavy atom. The van der Waals surface area contributed by atoms with Crippen LogP contribution in [0.25, 0.3) is 0 Å². The van der Waals surface area contributed by atoms with Gasteiger partial charge in [0, 0.05) is 13.5 Å². The Balaban J connectivity index is 2.69. The van der Waals surface area contributed by atoms with E-state index in [-0.39, 0.29) is 0 Å². The second-order valence-corrected chi connectivity index (χ2v) is 3.96. The number of carbonyl (C=O) groups excluding carboxylic acids is 1. The van der Waals surface area contributed by atoms with Crippen LogP contribution in [0.2, 0.25) is 0 Å². The molecule has 0 bridgehead atoms. The van der Waals surface area contributed by atoms with E-state index in [1.54, 1.807) is 7.11 Å². The molecule has 2 heteroatoms. The Morgan fingerprint density at radius 3 is 2.85 bits per heavy atom. The summed E-state index contributed by atoms with van der Waals surface area (Å²) in [4.78, 5) is 11.6. The maximum Gasteiger partial charge on any atom is 0.159 e.